The second-order valence-corrected chi connectivity index (χ2v) is 5.07. The maximum atomic E-state index is 6.08. The van der Waals surface area contributed by atoms with E-state index in [-0.39, 0.29) is 0 Å². The molecule has 0 saturated carbocycles. The molecule has 0 atom stereocenters. The SMILES string of the molecule is Cc1ccc(Oc2c(Cl)cc(N)cc2Cl)c(Cl)c1. The Morgan fingerprint density at radius 3 is 2.11 bits per heavy atom. The van der Waals surface area contributed by atoms with E-state index < -0.39 is 0 Å². The van der Waals surface area contributed by atoms with Crippen LogP contribution in [0.2, 0.25) is 15.1 Å². The lowest BCUT2D eigenvalue weighted by molar-refractivity contribution is 0.483. The molecule has 0 saturated heterocycles. The standard InChI is InChI=1S/C13H10Cl3NO/c1-7-2-3-12(9(14)4-7)18-13-10(15)5-8(17)6-11(13)16/h2-6H,17H2,1H3. The number of halogens is 3. The molecule has 0 amide bonds. The molecule has 2 aromatic rings. The molecule has 0 aromatic heterocycles. The Balaban J connectivity index is 2.40. The molecular formula is C13H10Cl3NO. The van der Waals surface area contributed by atoms with Gasteiger partial charge < -0.3 is 10.5 Å². The summed E-state index contributed by atoms with van der Waals surface area (Å²) < 4.78 is 5.63. The summed E-state index contributed by atoms with van der Waals surface area (Å²) in [5.41, 5.74) is 7.14. The first kappa shape index (κ1) is 13.3. The lowest BCUT2D eigenvalue weighted by Crippen LogP contribution is -1.91. The fourth-order valence-corrected chi connectivity index (χ4v) is 2.33. The highest BCUT2D eigenvalue weighted by atomic mass is 35.5. The van der Waals surface area contributed by atoms with Gasteiger partial charge >= 0.3 is 0 Å². The van der Waals surface area contributed by atoms with Crippen molar-refractivity contribution in [3.05, 3.63) is 51.0 Å². The van der Waals surface area contributed by atoms with E-state index in [2.05, 4.69) is 0 Å². The van der Waals surface area contributed by atoms with Crippen LogP contribution in [0.5, 0.6) is 11.5 Å². The summed E-state index contributed by atoms with van der Waals surface area (Å²) in [5, 5.41) is 1.19. The number of hydrogen-bond donors (Lipinski definition) is 1. The monoisotopic (exact) mass is 301 g/mol. The van der Waals surface area contributed by atoms with Crippen LogP contribution in [0.4, 0.5) is 5.69 Å². The molecular weight excluding hydrogens is 293 g/mol. The predicted octanol–water partition coefficient (Wildman–Crippen LogP) is 5.33. The molecule has 0 spiro atoms. The van der Waals surface area contributed by atoms with E-state index in [0.717, 1.165) is 5.56 Å². The highest BCUT2D eigenvalue weighted by molar-refractivity contribution is 6.37. The summed E-state index contributed by atoms with van der Waals surface area (Å²) >= 11 is 18.2. The van der Waals surface area contributed by atoms with Crippen LogP contribution >= 0.6 is 34.8 Å². The first-order valence-corrected chi connectivity index (χ1v) is 6.29. The van der Waals surface area contributed by atoms with Gasteiger partial charge in [-0.15, -0.1) is 0 Å². The predicted molar refractivity (Wildman–Crippen MR) is 77.1 cm³/mol. The molecule has 0 bridgehead atoms. The number of benzene rings is 2. The van der Waals surface area contributed by atoms with Gasteiger partial charge in [0.05, 0.1) is 15.1 Å². The molecule has 0 unspecified atom stereocenters. The summed E-state index contributed by atoms with van der Waals surface area (Å²) in [6, 6.07) is 8.60. The minimum absolute atomic E-state index is 0.344. The lowest BCUT2D eigenvalue weighted by atomic mass is 10.2. The van der Waals surface area contributed by atoms with Gasteiger partial charge in [0.25, 0.3) is 0 Å². The molecule has 0 aliphatic heterocycles. The van der Waals surface area contributed by atoms with Gasteiger partial charge in [0.1, 0.15) is 5.75 Å². The van der Waals surface area contributed by atoms with E-state index in [4.69, 9.17) is 45.3 Å². The van der Waals surface area contributed by atoms with Crippen LogP contribution in [0.1, 0.15) is 5.56 Å². The Labute approximate surface area is 120 Å². The third-order valence-electron chi connectivity index (χ3n) is 2.32. The van der Waals surface area contributed by atoms with Crippen molar-refractivity contribution < 1.29 is 4.74 Å². The topological polar surface area (TPSA) is 35.2 Å². The van der Waals surface area contributed by atoms with Crippen molar-refractivity contribution >= 4 is 40.5 Å². The van der Waals surface area contributed by atoms with Crippen LogP contribution in [-0.4, -0.2) is 0 Å². The van der Waals surface area contributed by atoms with E-state index in [1.165, 1.54) is 0 Å². The maximum absolute atomic E-state index is 6.08. The Morgan fingerprint density at radius 1 is 0.944 bits per heavy atom. The molecule has 0 radical (unpaired) electrons. The summed E-state index contributed by atoms with van der Waals surface area (Å²) in [4.78, 5) is 0. The zero-order valence-corrected chi connectivity index (χ0v) is 11.8. The molecule has 2 aromatic carbocycles. The largest absolute Gasteiger partial charge is 0.453 e. The number of aryl methyl sites for hydroxylation is 1. The summed E-state index contributed by atoms with van der Waals surface area (Å²) in [7, 11) is 0. The van der Waals surface area contributed by atoms with Crippen LogP contribution in [0, 0.1) is 6.92 Å². The van der Waals surface area contributed by atoms with Crippen LogP contribution in [0.15, 0.2) is 30.3 Å². The minimum atomic E-state index is 0.344. The van der Waals surface area contributed by atoms with Crippen molar-refractivity contribution in [1.82, 2.24) is 0 Å². The molecule has 2 rings (SSSR count). The maximum Gasteiger partial charge on any atom is 0.164 e. The summed E-state index contributed by atoms with van der Waals surface area (Å²) in [5.74, 6) is 0.842. The third kappa shape index (κ3) is 2.83. The fraction of sp³-hybridized carbons (Fsp3) is 0.0769. The zero-order chi connectivity index (χ0) is 13.3. The molecule has 2 N–H and O–H groups in total. The molecule has 5 heteroatoms. The quantitative estimate of drug-likeness (QED) is 0.761. The third-order valence-corrected chi connectivity index (χ3v) is 3.18. The Morgan fingerprint density at radius 2 is 1.56 bits per heavy atom. The second-order valence-electron chi connectivity index (χ2n) is 3.85. The number of ether oxygens (including phenoxy) is 1. The van der Waals surface area contributed by atoms with Crippen molar-refractivity contribution in [2.75, 3.05) is 5.73 Å². The number of nitrogen functional groups attached to an aromatic ring is 1. The van der Waals surface area contributed by atoms with E-state index in [1.54, 1.807) is 24.3 Å². The lowest BCUT2D eigenvalue weighted by Gasteiger charge is -2.11. The Kier molecular flexibility index (Phi) is 3.91. The highest BCUT2D eigenvalue weighted by Gasteiger charge is 2.11. The van der Waals surface area contributed by atoms with Gasteiger partial charge in [-0.05, 0) is 36.8 Å². The van der Waals surface area contributed by atoms with Gasteiger partial charge in [0.2, 0.25) is 0 Å². The van der Waals surface area contributed by atoms with Gasteiger partial charge in [-0.25, -0.2) is 0 Å². The van der Waals surface area contributed by atoms with Crippen LogP contribution in [-0.2, 0) is 0 Å². The van der Waals surface area contributed by atoms with E-state index in [9.17, 15) is 0 Å². The number of anilines is 1. The van der Waals surface area contributed by atoms with E-state index in [0.29, 0.717) is 32.3 Å². The molecule has 2 nitrogen and oxygen atoms in total. The normalized spacial score (nSPS) is 10.4. The number of hydrogen-bond acceptors (Lipinski definition) is 2. The molecule has 18 heavy (non-hydrogen) atoms. The average molecular weight is 303 g/mol. The first-order valence-electron chi connectivity index (χ1n) is 5.16. The smallest absolute Gasteiger partial charge is 0.164 e. The number of nitrogens with two attached hydrogens (primary N) is 1. The molecule has 0 fully saturated rings. The van der Waals surface area contributed by atoms with Crippen molar-refractivity contribution in [3.8, 4) is 11.5 Å². The molecule has 94 valence electrons. The van der Waals surface area contributed by atoms with Crippen molar-refractivity contribution in [3.63, 3.8) is 0 Å². The second kappa shape index (κ2) is 5.27. The van der Waals surface area contributed by atoms with Crippen molar-refractivity contribution in [2.24, 2.45) is 0 Å². The highest BCUT2D eigenvalue weighted by Crippen LogP contribution is 2.40. The van der Waals surface area contributed by atoms with Gasteiger partial charge in [-0.1, -0.05) is 40.9 Å². The molecule has 0 aliphatic rings. The average Bonchev–Trinajstić information content (AvgIpc) is 2.25. The van der Waals surface area contributed by atoms with Gasteiger partial charge in [0, 0.05) is 5.69 Å². The van der Waals surface area contributed by atoms with Crippen LogP contribution in [0.3, 0.4) is 0 Å². The first-order chi connectivity index (χ1) is 8.47. The van der Waals surface area contributed by atoms with Gasteiger partial charge in [0.15, 0.2) is 5.75 Å². The van der Waals surface area contributed by atoms with E-state index >= 15 is 0 Å². The van der Waals surface area contributed by atoms with Gasteiger partial charge in [-0.3, -0.25) is 0 Å². The summed E-state index contributed by atoms with van der Waals surface area (Å²) in [6.07, 6.45) is 0. The number of rotatable bonds is 2. The fourth-order valence-electron chi connectivity index (χ4n) is 1.48. The minimum Gasteiger partial charge on any atom is -0.453 e. The summed E-state index contributed by atoms with van der Waals surface area (Å²) in [6.45, 7) is 1.94. The molecule has 0 aliphatic carbocycles. The van der Waals surface area contributed by atoms with Crippen LogP contribution in [0.25, 0.3) is 0 Å². The van der Waals surface area contributed by atoms with E-state index in [1.807, 2.05) is 13.0 Å². The van der Waals surface area contributed by atoms with Gasteiger partial charge in [-0.2, -0.15) is 0 Å². The zero-order valence-electron chi connectivity index (χ0n) is 9.51. The van der Waals surface area contributed by atoms with Crippen molar-refractivity contribution in [1.29, 1.82) is 0 Å². The Bertz CT molecular complexity index is 576. The van der Waals surface area contributed by atoms with Crippen LogP contribution < -0.4 is 10.5 Å². The molecule has 0 heterocycles. The van der Waals surface area contributed by atoms with Crippen molar-refractivity contribution in [2.45, 2.75) is 6.92 Å². The Hall–Kier alpha value is -1.09.